The number of amides is 1. The van der Waals surface area contributed by atoms with Crippen molar-refractivity contribution in [2.75, 3.05) is 33.4 Å². The van der Waals surface area contributed by atoms with E-state index in [2.05, 4.69) is 47.4 Å². The Morgan fingerprint density at radius 2 is 2.28 bits per heavy atom. The molecule has 2 aliphatic rings. The smallest absolute Gasteiger partial charge is 0.230 e. The summed E-state index contributed by atoms with van der Waals surface area (Å²) < 4.78 is 12.8. The Hall–Kier alpha value is -2.14. The number of likely N-dealkylation sites (N-methyl/N-ethyl adjacent to an activating group) is 1. The molecule has 25 heavy (non-hydrogen) atoms. The second-order valence-corrected chi connectivity index (χ2v) is 7.04. The van der Waals surface area contributed by atoms with Crippen LogP contribution in [0.3, 0.4) is 0 Å². The summed E-state index contributed by atoms with van der Waals surface area (Å²) in [7, 11) is 2.08. The highest BCUT2D eigenvalue weighted by molar-refractivity contribution is 5.99. The number of hydrogen-bond donors (Lipinski definition) is 1. The van der Waals surface area contributed by atoms with Crippen molar-refractivity contribution in [2.24, 2.45) is 5.92 Å². The van der Waals surface area contributed by atoms with Crippen LogP contribution in [-0.2, 0) is 11.2 Å². The highest BCUT2D eigenvalue weighted by Gasteiger charge is 2.36. The van der Waals surface area contributed by atoms with E-state index in [1.165, 1.54) is 22.1 Å². The third kappa shape index (κ3) is 2.58. The quantitative estimate of drug-likeness (QED) is 0.929. The lowest BCUT2D eigenvalue weighted by atomic mass is 9.79. The van der Waals surface area contributed by atoms with Gasteiger partial charge in [0.15, 0.2) is 0 Å². The number of rotatable bonds is 4. The first-order chi connectivity index (χ1) is 12.1. The molecule has 1 aliphatic carbocycles. The first-order valence-electron chi connectivity index (χ1n) is 9.00. The molecule has 0 radical (unpaired) electrons. The molecule has 2 heterocycles. The summed E-state index contributed by atoms with van der Waals surface area (Å²) in [5.41, 5.74) is 4.96. The number of hydrogen-bond acceptors (Lipinski definition) is 2. The van der Waals surface area contributed by atoms with Crippen LogP contribution < -0.4 is 0 Å². The zero-order chi connectivity index (χ0) is 17.6. The highest BCUT2D eigenvalue weighted by Crippen LogP contribution is 2.40. The predicted octanol–water partition coefficient (Wildman–Crippen LogP) is 2.86. The number of nitrogens with zero attached hydrogens (tertiary/aromatic N) is 2. The fraction of sp³-hybridized carbons (Fsp3) is 0.450. The van der Waals surface area contributed by atoms with Gasteiger partial charge in [0.2, 0.25) is 5.91 Å². The number of alkyl halides is 1. The molecule has 0 fully saturated rings. The lowest BCUT2D eigenvalue weighted by Gasteiger charge is -2.40. The van der Waals surface area contributed by atoms with Crippen molar-refractivity contribution in [1.29, 1.82) is 0 Å². The first-order valence-corrected chi connectivity index (χ1v) is 9.00. The van der Waals surface area contributed by atoms with Gasteiger partial charge >= 0.3 is 0 Å². The molecule has 4 nitrogen and oxygen atoms in total. The van der Waals surface area contributed by atoms with Crippen LogP contribution >= 0.6 is 0 Å². The fourth-order valence-electron chi connectivity index (χ4n) is 4.37. The van der Waals surface area contributed by atoms with Crippen molar-refractivity contribution >= 4 is 22.4 Å². The topological polar surface area (TPSA) is 39.3 Å². The minimum absolute atomic E-state index is 0.0324. The molecule has 1 amide bonds. The Labute approximate surface area is 147 Å². The Morgan fingerprint density at radius 3 is 3.04 bits per heavy atom. The Balaban J connectivity index is 1.76. The third-order valence-electron chi connectivity index (χ3n) is 5.63. The molecule has 0 saturated heterocycles. The molecule has 2 atom stereocenters. The predicted molar refractivity (Wildman–Crippen MR) is 98.1 cm³/mol. The number of aromatic nitrogens is 1. The highest BCUT2D eigenvalue weighted by atomic mass is 19.1. The maximum atomic E-state index is 12.9. The second kappa shape index (κ2) is 6.30. The van der Waals surface area contributed by atoms with Crippen LogP contribution in [0.1, 0.15) is 18.1 Å². The molecular weight excluding hydrogens is 317 g/mol. The summed E-state index contributed by atoms with van der Waals surface area (Å²) in [5, 5.41) is 1.28. The van der Waals surface area contributed by atoms with E-state index < -0.39 is 6.67 Å². The molecule has 1 aliphatic heterocycles. The van der Waals surface area contributed by atoms with E-state index in [4.69, 9.17) is 0 Å². The van der Waals surface area contributed by atoms with Crippen molar-refractivity contribution in [3.05, 3.63) is 41.6 Å². The number of halogens is 1. The first kappa shape index (κ1) is 16.3. The fourth-order valence-corrected chi connectivity index (χ4v) is 4.37. The number of nitrogens with one attached hydrogen (secondary N) is 1. The number of carbonyl (C=O) groups excluding carboxylic acids is 1. The van der Waals surface area contributed by atoms with Crippen molar-refractivity contribution < 1.29 is 9.18 Å². The molecule has 0 unspecified atom stereocenters. The molecule has 4 rings (SSSR count). The standard InChI is InChI=1S/C20H24FN3O/c1-3-24(8-7-21)20(25)14-9-16-15-5-4-6-17-19(15)13(11-22-17)10-18(16)23(2)12-14/h4-6,9,11,14,18,22H,3,7-8,10,12H2,1-2H3/t14-,18-/m1/s1. The van der Waals surface area contributed by atoms with E-state index in [9.17, 15) is 9.18 Å². The van der Waals surface area contributed by atoms with Gasteiger partial charge in [-0.25, -0.2) is 4.39 Å². The molecule has 1 N–H and O–H groups in total. The minimum Gasteiger partial charge on any atom is -0.361 e. The molecule has 132 valence electrons. The Kier molecular flexibility index (Phi) is 4.12. The van der Waals surface area contributed by atoms with Crippen molar-refractivity contribution in [3.8, 4) is 0 Å². The molecule has 0 bridgehead atoms. The number of aromatic amines is 1. The summed E-state index contributed by atoms with van der Waals surface area (Å²) in [6.45, 7) is 2.83. The zero-order valence-electron chi connectivity index (χ0n) is 14.8. The van der Waals surface area contributed by atoms with E-state index in [0.29, 0.717) is 19.1 Å². The second-order valence-electron chi connectivity index (χ2n) is 7.04. The van der Waals surface area contributed by atoms with Gasteiger partial charge < -0.3 is 9.88 Å². The summed E-state index contributed by atoms with van der Waals surface area (Å²) >= 11 is 0. The van der Waals surface area contributed by atoms with Gasteiger partial charge in [-0.3, -0.25) is 9.69 Å². The molecule has 1 aromatic carbocycles. The molecule has 1 aromatic heterocycles. The monoisotopic (exact) mass is 341 g/mol. The maximum absolute atomic E-state index is 12.9. The van der Waals surface area contributed by atoms with Crippen LogP contribution in [0.4, 0.5) is 4.39 Å². The summed E-state index contributed by atoms with van der Waals surface area (Å²) in [5.74, 6) is -0.177. The van der Waals surface area contributed by atoms with Gasteiger partial charge in [-0.05, 0) is 43.2 Å². The van der Waals surface area contributed by atoms with E-state index in [1.807, 2.05) is 6.92 Å². The van der Waals surface area contributed by atoms with Crippen LogP contribution in [0, 0.1) is 5.92 Å². The van der Waals surface area contributed by atoms with Gasteiger partial charge in [-0.1, -0.05) is 18.2 Å². The average Bonchev–Trinajstić information content (AvgIpc) is 3.04. The van der Waals surface area contributed by atoms with E-state index >= 15 is 0 Å². The minimum atomic E-state index is -0.493. The molecular formula is C20H24FN3O. The summed E-state index contributed by atoms with van der Waals surface area (Å²) in [4.78, 5) is 20.1. The summed E-state index contributed by atoms with van der Waals surface area (Å²) in [6.07, 6.45) is 5.21. The number of H-pyrrole nitrogens is 1. The van der Waals surface area contributed by atoms with Crippen molar-refractivity contribution in [3.63, 3.8) is 0 Å². The lowest BCUT2D eigenvalue weighted by Crippen LogP contribution is -2.48. The van der Waals surface area contributed by atoms with E-state index in [-0.39, 0.29) is 18.4 Å². The van der Waals surface area contributed by atoms with Crippen LogP contribution in [0.15, 0.2) is 30.5 Å². The lowest BCUT2D eigenvalue weighted by molar-refractivity contribution is -0.134. The SMILES string of the molecule is CCN(CCF)C(=O)[C@@H]1C=C2c3cccc4[nH]cc(c34)C[C@H]2N(C)C1. The maximum Gasteiger partial charge on any atom is 0.230 e. The number of benzene rings is 1. The largest absolute Gasteiger partial charge is 0.361 e. The average molecular weight is 341 g/mol. The van der Waals surface area contributed by atoms with Crippen molar-refractivity contribution in [1.82, 2.24) is 14.8 Å². The third-order valence-corrected chi connectivity index (χ3v) is 5.63. The van der Waals surface area contributed by atoms with E-state index in [1.54, 1.807) is 4.90 Å². The number of fused-ring (bicyclic) bond motifs is 2. The Bertz CT molecular complexity index is 841. The van der Waals surface area contributed by atoms with Crippen LogP contribution in [0.2, 0.25) is 0 Å². The van der Waals surface area contributed by atoms with Gasteiger partial charge in [0, 0.05) is 42.8 Å². The van der Waals surface area contributed by atoms with Gasteiger partial charge in [0.1, 0.15) is 6.67 Å². The normalized spacial score (nSPS) is 22.6. The molecule has 0 spiro atoms. The number of carbonyl (C=O) groups is 1. The van der Waals surface area contributed by atoms with Crippen LogP contribution in [0.5, 0.6) is 0 Å². The zero-order valence-corrected chi connectivity index (χ0v) is 14.8. The van der Waals surface area contributed by atoms with Gasteiger partial charge in [0.25, 0.3) is 0 Å². The van der Waals surface area contributed by atoms with Crippen LogP contribution in [-0.4, -0.2) is 60.1 Å². The van der Waals surface area contributed by atoms with E-state index in [0.717, 1.165) is 11.9 Å². The molecule has 0 saturated carbocycles. The van der Waals surface area contributed by atoms with Crippen LogP contribution in [0.25, 0.3) is 16.5 Å². The van der Waals surface area contributed by atoms with Gasteiger partial charge in [-0.15, -0.1) is 0 Å². The van der Waals surface area contributed by atoms with Crippen molar-refractivity contribution in [2.45, 2.75) is 19.4 Å². The summed E-state index contributed by atoms with van der Waals surface area (Å²) in [6, 6.07) is 6.61. The van der Waals surface area contributed by atoms with Gasteiger partial charge in [0.05, 0.1) is 5.92 Å². The molecule has 5 heteroatoms. The molecule has 2 aromatic rings. The van der Waals surface area contributed by atoms with Gasteiger partial charge in [-0.2, -0.15) is 0 Å². The Morgan fingerprint density at radius 1 is 1.44 bits per heavy atom.